The van der Waals surface area contributed by atoms with Crippen molar-refractivity contribution in [3.05, 3.63) is 75.6 Å². The van der Waals surface area contributed by atoms with Crippen LogP contribution in [0.2, 0.25) is 0 Å². The molecule has 1 aromatic heterocycles. The van der Waals surface area contributed by atoms with Crippen LogP contribution in [-0.4, -0.2) is 22.8 Å². The summed E-state index contributed by atoms with van der Waals surface area (Å²) in [5.74, 6) is -0.0950. The fourth-order valence-corrected chi connectivity index (χ4v) is 3.06. The Balaban J connectivity index is 2.06. The van der Waals surface area contributed by atoms with Gasteiger partial charge in [-0.15, -0.1) is 0 Å². The van der Waals surface area contributed by atoms with Gasteiger partial charge in [0.05, 0.1) is 19.0 Å². The first kappa shape index (κ1) is 17.7. The molecule has 3 rings (SSSR count). The fraction of sp³-hybridized carbons (Fsp3) is 0.238. The molecule has 3 aromatic rings. The molecule has 0 amide bonds. The van der Waals surface area contributed by atoms with E-state index >= 15 is 0 Å². The number of carboxylic acids is 1. The van der Waals surface area contributed by atoms with Crippen LogP contribution >= 0.6 is 0 Å². The van der Waals surface area contributed by atoms with Crippen LogP contribution in [0.25, 0.3) is 10.9 Å². The van der Waals surface area contributed by atoms with Gasteiger partial charge in [-0.3, -0.25) is 9.59 Å². The number of carboxylic acid groups (broad SMARTS) is 1. The summed E-state index contributed by atoms with van der Waals surface area (Å²) in [6.45, 7) is 2.27. The van der Waals surface area contributed by atoms with Gasteiger partial charge in [0.25, 0.3) is 0 Å². The van der Waals surface area contributed by atoms with Crippen LogP contribution in [0, 0.1) is 6.92 Å². The van der Waals surface area contributed by atoms with Crippen molar-refractivity contribution in [3.63, 3.8) is 0 Å². The lowest BCUT2D eigenvalue weighted by atomic mass is 10.0. The maximum absolute atomic E-state index is 12.9. The summed E-state index contributed by atoms with van der Waals surface area (Å²) >= 11 is 0. The van der Waals surface area contributed by atoms with Crippen molar-refractivity contribution in [1.82, 2.24) is 4.57 Å². The average Bonchev–Trinajstić information content (AvgIpc) is 2.63. The van der Waals surface area contributed by atoms with Gasteiger partial charge in [0, 0.05) is 30.1 Å². The second-order valence-corrected chi connectivity index (χ2v) is 6.37. The summed E-state index contributed by atoms with van der Waals surface area (Å²) in [5, 5.41) is 9.64. The molecule has 1 N–H and O–H groups in total. The Morgan fingerprint density at radius 2 is 1.88 bits per heavy atom. The molecular weight excluding hydrogens is 330 g/mol. The maximum Gasteiger partial charge on any atom is 0.305 e. The van der Waals surface area contributed by atoms with Gasteiger partial charge in [-0.2, -0.15) is 0 Å². The normalized spacial score (nSPS) is 10.8. The van der Waals surface area contributed by atoms with Crippen LogP contribution < -0.4 is 10.2 Å². The van der Waals surface area contributed by atoms with Crippen LogP contribution in [0.5, 0.6) is 5.75 Å². The third kappa shape index (κ3) is 3.77. The number of hydrogen-bond acceptors (Lipinski definition) is 3. The van der Waals surface area contributed by atoms with Crippen LogP contribution in [0.4, 0.5) is 0 Å². The van der Waals surface area contributed by atoms with Crippen molar-refractivity contribution in [2.75, 3.05) is 7.11 Å². The second kappa shape index (κ2) is 7.44. The molecule has 0 aliphatic carbocycles. The molecule has 26 heavy (non-hydrogen) atoms. The van der Waals surface area contributed by atoms with Crippen LogP contribution in [0.15, 0.2) is 53.5 Å². The molecule has 0 atom stereocenters. The monoisotopic (exact) mass is 351 g/mol. The largest absolute Gasteiger partial charge is 0.497 e. The van der Waals surface area contributed by atoms with Crippen LogP contribution in [-0.2, 0) is 17.8 Å². The third-order valence-electron chi connectivity index (χ3n) is 4.43. The molecule has 0 bridgehead atoms. The van der Waals surface area contributed by atoms with Gasteiger partial charge >= 0.3 is 5.97 Å². The van der Waals surface area contributed by atoms with Crippen molar-refractivity contribution >= 4 is 16.9 Å². The summed E-state index contributed by atoms with van der Waals surface area (Å²) in [4.78, 5) is 23.9. The number of aryl methyl sites for hydroxylation is 2. The molecule has 2 aromatic carbocycles. The molecule has 0 fully saturated rings. The van der Waals surface area contributed by atoms with Crippen molar-refractivity contribution < 1.29 is 14.6 Å². The predicted octanol–water partition coefficient (Wildman–Crippen LogP) is 3.38. The number of ether oxygens (including phenoxy) is 1. The number of pyridine rings is 1. The number of aliphatic carboxylic acids is 1. The van der Waals surface area contributed by atoms with Crippen LogP contribution in [0.1, 0.15) is 23.1 Å². The number of hydrogen-bond donors (Lipinski definition) is 1. The number of nitrogens with zero attached hydrogens (tertiary/aromatic N) is 1. The van der Waals surface area contributed by atoms with Crippen molar-refractivity contribution in [1.29, 1.82) is 0 Å². The highest BCUT2D eigenvalue weighted by molar-refractivity contribution is 5.80. The zero-order chi connectivity index (χ0) is 18.7. The number of benzene rings is 2. The lowest BCUT2D eigenvalue weighted by molar-refractivity contribution is -0.137. The molecule has 134 valence electrons. The summed E-state index contributed by atoms with van der Waals surface area (Å²) < 4.78 is 7.03. The molecular formula is C21H21NO4. The molecule has 0 aliphatic rings. The van der Waals surface area contributed by atoms with E-state index in [1.807, 2.05) is 54.0 Å². The summed E-state index contributed by atoms with van der Waals surface area (Å²) in [6, 6.07) is 13.3. The van der Waals surface area contributed by atoms with E-state index in [1.165, 1.54) is 0 Å². The third-order valence-corrected chi connectivity index (χ3v) is 4.43. The van der Waals surface area contributed by atoms with Crippen molar-refractivity contribution in [2.45, 2.75) is 26.3 Å². The molecule has 5 heteroatoms. The van der Waals surface area contributed by atoms with Crippen molar-refractivity contribution in [3.8, 4) is 5.75 Å². The lowest BCUT2D eigenvalue weighted by Gasteiger charge is -2.13. The molecule has 0 saturated heterocycles. The molecule has 0 aliphatic heterocycles. The van der Waals surface area contributed by atoms with Gasteiger partial charge in [-0.05, 0) is 36.8 Å². The fourth-order valence-electron chi connectivity index (χ4n) is 3.06. The summed E-state index contributed by atoms with van der Waals surface area (Å²) in [6.07, 6.45) is 2.28. The summed E-state index contributed by atoms with van der Waals surface area (Å²) in [7, 11) is 1.61. The minimum absolute atomic E-state index is 0.00776. The van der Waals surface area contributed by atoms with E-state index in [4.69, 9.17) is 9.84 Å². The highest BCUT2D eigenvalue weighted by Gasteiger charge is 2.11. The Kier molecular flexibility index (Phi) is 5.07. The highest BCUT2D eigenvalue weighted by atomic mass is 16.5. The van der Waals surface area contributed by atoms with E-state index in [-0.39, 0.29) is 11.8 Å². The van der Waals surface area contributed by atoms with Gasteiger partial charge < -0.3 is 14.4 Å². The Morgan fingerprint density at radius 1 is 1.15 bits per heavy atom. The Hall–Kier alpha value is -3.08. The Bertz CT molecular complexity index is 1000. The minimum Gasteiger partial charge on any atom is -0.497 e. The van der Waals surface area contributed by atoms with E-state index in [2.05, 4.69) is 0 Å². The molecule has 0 radical (unpaired) electrons. The van der Waals surface area contributed by atoms with Gasteiger partial charge in [0.2, 0.25) is 0 Å². The standard InChI is InChI=1S/C21H21NO4/c1-14-3-8-19-18(11-14)21(25)16(13-22(19)10-9-20(23)24)12-15-4-6-17(26-2)7-5-15/h3-8,11,13H,9-10,12H2,1-2H3,(H,23,24). The predicted molar refractivity (Wildman–Crippen MR) is 101 cm³/mol. The molecule has 5 nitrogen and oxygen atoms in total. The Labute approximate surface area is 151 Å². The molecule has 0 spiro atoms. The minimum atomic E-state index is -0.860. The molecule has 1 heterocycles. The first-order valence-electron chi connectivity index (χ1n) is 8.45. The Morgan fingerprint density at radius 3 is 2.54 bits per heavy atom. The van der Waals surface area contributed by atoms with Crippen molar-refractivity contribution in [2.24, 2.45) is 0 Å². The lowest BCUT2D eigenvalue weighted by Crippen LogP contribution is -2.16. The van der Waals surface area contributed by atoms with Gasteiger partial charge in [-0.25, -0.2) is 0 Å². The molecule has 0 unspecified atom stereocenters. The SMILES string of the molecule is COc1ccc(Cc2cn(CCC(=O)O)c3ccc(C)cc3c2=O)cc1. The zero-order valence-corrected chi connectivity index (χ0v) is 14.9. The topological polar surface area (TPSA) is 68.5 Å². The van der Waals surface area contributed by atoms with E-state index in [0.717, 1.165) is 22.4 Å². The van der Waals surface area contributed by atoms with Gasteiger partial charge in [-0.1, -0.05) is 23.8 Å². The first-order chi connectivity index (χ1) is 12.5. The van der Waals surface area contributed by atoms with E-state index in [1.54, 1.807) is 13.3 Å². The van der Waals surface area contributed by atoms with E-state index in [0.29, 0.717) is 23.9 Å². The highest BCUT2D eigenvalue weighted by Crippen LogP contribution is 2.18. The summed E-state index contributed by atoms with van der Waals surface area (Å²) in [5.41, 5.74) is 3.41. The number of carbonyl (C=O) groups is 1. The number of rotatable bonds is 6. The second-order valence-electron chi connectivity index (χ2n) is 6.37. The van der Waals surface area contributed by atoms with Gasteiger partial charge in [0.1, 0.15) is 5.75 Å². The van der Waals surface area contributed by atoms with E-state index in [9.17, 15) is 9.59 Å². The van der Waals surface area contributed by atoms with Gasteiger partial charge in [0.15, 0.2) is 5.43 Å². The maximum atomic E-state index is 12.9. The number of fused-ring (bicyclic) bond motifs is 1. The average molecular weight is 351 g/mol. The number of aromatic nitrogens is 1. The zero-order valence-electron chi connectivity index (χ0n) is 14.9. The smallest absolute Gasteiger partial charge is 0.305 e. The van der Waals surface area contributed by atoms with Crippen LogP contribution in [0.3, 0.4) is 0 Å². The van der Waals surface area contributed by atoms with E-state index < -0.39 is 5.97 Å². The molecule has 0 saturated carbocycles. The first-order valence-corrected chi connectivity index (χ1v) is 8.45. The quantitative estimate of drug-likeness (QED) is 0.739. The number of methoxy groups -OCH3 is 1.